The highest BCUT2D eigenvalue weighted by Crippen LogP contribution is 2.11. The summed E-state index contributed by atoms with van der Waals surface area (Å²) in [5.41, 5.74) is 1.97. The summed E-state index contributed by atoms with van der Waals surface area (Å²) in [4.78, 5) is 15.4. The first-order chi connectivity index (χ1) is 7.81. The van der Waals surface area contributed by atoms with Gasteiger partial charge in [0.2, 0.25) is 0 Å². The number of nitrogens with zero attached hydrogens (tertiary/aromatic N) is 3. The van der Waals surface area contributed by atoms with E-state index in [-0.39, 0.29) is 0 Å². The van der Waals surface area contributed by atoms with Crippen LogP contribution in [-0.4, -0.2) is 29.0 Å². The lowest BCUT2D eigenvalue weighted by molar-refractivity contribution is -0.135. The predicted molar refractivity (Wildman–Crippen MR) is 59.5 cm³/mol. The molecule has 0 unspecified atom stereocenters. The quantitative estimate of drug-likeness (QED) is 0.714. The molecule has 5 nitrogen and oxygen atoms in total. The highest BCUT2D eigenvalue weighted by molar-refractivity contribution is 6.42. The molecule has 0 amide bonds. The van der Waals surface area contributed by atoms with Crippen LogP contribution in [0.2, 0.25) is 0 Å². The minimum Gasteiger partial charge on any atom is -0.461 e. The van der Waals surface area contributed by atoms with Crippen molar-refractivity contribution in [3.63, 3.8) is 0 Å². The third-order valence-corrected chi connectivity index (χ3v) is 2.13. The summed E-state index contributed by atoms with van der Waals surface area (Å²) in [6, 6.07) is 3.70. The first-order valence-electron chi connectivity index (χ1n) is 5.02. The molecule has 0 aliphatic carbocycles. The SMILES string of the molecule is CCOC(=O)C1=NN=C(c2cccnc2)C1. The van der Waals surface area contributed by atoms with Crippen LogP contribution in [0, 0.1) is 0 Å². The third-order valence-electron chi connectivity index (χ3n) is 2.13. The van der Waals surface area contributed by atoms with Crippen molar-refractivity contribution in [1.82, 2.24) is 4.98 Å². The van der Waals surface area contributed by atoms with Gasteiger partial charge in [0.15, 0.2) is 5.71 Å². The summed E-state index contributed by atoms with van der Waals surface area (Å²) in [5, 5.41) is 7.77. The number of aromatic nitrogens is 1. The van der Waals surface area contributed by atoms with E-state index < -0.39 is 5.97 Å². The molecule has 0 fully saturated rings. The largest absolute Gasteiger partial charge is 0.461 e. The molecule has 0 spiro atoms. The van der Waals surface area contributed by atoms with Crippen molar-refractivity contribution in [2.24, 2.45) is 10.2 Å². The van der Waals surface area contributed by atoms with Crippen LogP contribution in [-0.2, 0) is 9.53 Å². The second kappa shape index (κ2) is 4.65. The van der Waals surface area contributed by atoms with Crippen LogP contribution < -0.4 is 0 Å². The summed E-state index contributed by atoms with van der Waals surface area (Å²) in [6.07, 6.45) is 3.79. The van der Waals surface area contributed by atoms with Crippen molar-refractivity contribution >= 4 is 17.4 Å². The monoisotopic (exact) mass is 217 g/mol. The summed E-state index contributed by atoms with van der Waals surface area (Å²) in [6.45, 7) is 2.11. The number of rotatable bonds is 3. The van der Waals surface area contributed by atoms with Gasteiger partial charge in [-0.15, -0.1) is 5.10 Å². The molecular formula is C11H11N3O2. The standard InChI is InChI=1S/C11H11N3O2/c1-2-16-11(15)10-6-9(13-14-10)8-4-3-5-12-7-8/h3-5,7H,2,6H2,1H3. The van der Waals surface area contributed by atoms with Crippen molar-refractivity contribution in [3.05, 3.63) is 30.1 Å². The van der Waals surface area contributed by atoms with Gasteiger partial charge in [0.1, 0.15) is 0 Å². The fourth-order valence-electron chi connectivity index (χ4n) is 1.37. The summed E-state index contributed by atoms with van der Waals surface area (Å²) in [5.74, 6) is -0.398. The second-order valence-electron chi connectivity index (χ2n) is 3.23. The van der Waals surface area contributed by atoms with Gasteiger partial charge in [0.05, 0.1) is 12.3 Å². The average molecular weight is 217 g/mol. The van der Waals surface area contributed by atoms with Gasteiger partial charge < -0.3 is 4.74 Å². The van der Waals surface area contributed by atoms with E-state index in [4.69, 9.17) is 4.74 Å². The van der Waals surface area contributed by atoms with Crippen molar-refractivity contribution in [3.8, 4) is 0 Å². The van der Waals surface area contributed by atoms with E-state index in [9.17, 15) is 4.79 Å². The Balaban J connectivity index is 2.04. The minimum atomic E-state index is -0.398. The summed E-state index contributed by atoms with van der Waals surface area (Å²) < 4.78 is 4.85. The van der Waals surface area contributed by atoms with E-state index in [1.807, 2.05) is 12.1 Å². The van der Waals surface area contributed by atoms with Crippen LogP contribution >= 0.6 is 0 Å². The molecule has 1 aliphatic heterocycles. The summed E-state index contributed by atoms with van der Waals surface area (Å²) >= 11 is 0. The zero-order valence-electron chi connectivity index (χ0n) is 8.88. The molecule has 0 atom stereocenters. The topological polar surface area (TPSA) is 63.9 Å². The van der Waals surface area contributed by atoms with Gasteiger partial charge in [-0.05, 0) is 19.1 Å². The first-order valence-corrected chi connectivity index (χ1v) is 5.02. The molecule has 1 aromatic heterocycles. The van der Waals surface area contributed by atoms with Gasteiger partial charge in [0.25, 0.3) is 0 Å². The number of carbonyl (C=O) groups excluding carboxylic acids is 1. The fourth-order valence-corrected chi connectivity index (χ4v) is 1.37. The molecule has 0 N–H and O–H groups in total. The van der Waals surface area contributed by atoms with Crippen LogP contribution in [0.5, 0.6) is 0 Å². The van der Waals surface area contributed by atoms with Crippen molar-refractivity contribution < 1.29 is 9.53 Å². The molecule has 1 aromatic rings. The molecule has 0 radical (unpaired) electrons. The van der Waals surface area contributed by atoms with E-state index in [1.165, 1.54) is 0 Å². The van der Waals surface area contributed by atoms with Crippen LogP contribution in [0.3, 0.4) is 0 Å². The molecule has 82 valence electrons. The maximum atomic E-state index is 11.4. The van der Waals surface area contributed by atoms with Gasteiger partial charge in [0, 0.05) is 24.4 Å². The van der Waals surface area contributed by atoms with Gasteiger partial charge in [-0.1, -0.05) is 0 Å². The number of hydrogen-bond donors (Lipinski definition) is 0. The van der Waals surface area contributed by atoms with Crippen molar-refractivity contribution in [2.45, 2.75) is 13.3 Å². The van der Waals surface area contributed by atoms with Crippen molar-refractivity contribution in [2.75, 3.05) is 6.61 Å². The molecule has 2 rings (SSSR count). The van der Waals surface area contributed by atoms with Gasteiger partial charge in [-0.2, -0.15) is 5.10 Å². The Morgan fingerprint density at radius 3 is 3.06 bits per heavy atom. The molecule has 0 saturated carbocycles. The van der Waals surface area contributed by atoms with E-state index in [0.717, 1.165) is 11.3 Å². The molecular weight excluding hydrogens is 206 g/mol. The molecule has 5 heteroatoms. The molecule has 16 heavy (non-hydrogen) atoms. The summed E-state index contributed by atoms with van der Waals surface area (Å²) in [7, 11) is 0. The Hall–Kier alpha value is -2.04. The molecule has 0 aromatic carbocycles. The van der Waals surface area contributed by atoms with E-state index in [1.54, 1.807) is 19.3 Å². The number of hydrogen-bond acceptors (Lipinski definition) is 5. The fraction of sp³-hybridized carbons (Fsp3) is 0.273. The zero-order chi connectivity index (χ0) is 11.4. The zero-order valence-corrected chi connectivity index (χ0v) is 8.88. The average Bonchev–Trinajstić information content (AvgIpc) is 2.80. The van der Waals surface area contributed by atoms with Crippen LogP contribution in [0.15, 0.2) is 34.7 Å². The number of carbonyl (C=O) groups is 1. The van der Waals surface area contributed by atoms with Gasteiger partial charge >= 0.3 is 5.97 Å². The highest BCUT2D eigenvalue weighted by atomic mass is 16.5. The Morgan fingerprint density at radius 2 is 2.38 bits per heavy atom. The lowest BCUT2D eigenvalue weighted by Gasteiger charge is -2.00. The van der Waals surface area contributed by atoms with Crippen LogP contribution in [0.1, 0.15) is 18.9 Å². The second-order valence-corrected chi connectivity index (χ2v) is 3.23. The Morgan fingerprint density at radius 1 is 1.50 bits per heavy atom. The number of pyridine rings is 1. The molecule has 1 aliphatic rings. The Labute approximate surface area is 92.9 Å². The molecule has 0 saturated heterocycles. The smallest absolute Gasteiger partial charge is 0.354 e. The van der Waals surface area contributed by atoms with Gasteiger partial charge in [-0.25, -0.2) is 4.79 Å². The normalized spacial score (nSPS) is 14.3. The predicted octanol–water partition coefficient (Wildman–Crippen LogP) is 1.19. The maximum Gasteiger partial charge on any atom is 0.354 e. The number of esters is 1. The minimum absolute atomic E-state index is 0.347. The van der Waals surface area contributed by atoms with E-state index in [0.29, 0.717) is 18.7 Å². The Bertz CT molecular complexity index is 452. The molecule has 2 heterocycles. The lowest BCUT2D eigenvalue weighted by Crippen LogP contribution is -2.18. The lowest BCUT2D eigenvalue weighted by atomic mass is 10.1. The van der Waals surface area contributed by atoms with Crippen LogP contribution in [0.25, 0.3) is 0 Å². The van der Waals surface area contributed by atoms with Gasteiger partial charge in [-0.3, -0.25) is 4.98 Å². The van der Waals surface area contributed by atoms with E-state index >= 15 is 0 Å². The Kier molecular flexibility index (Phi) is 3.05. The van der Waals surface area contributed by atoms with E-state index in [2.05, 4.69) is 15.2 Å². The van der Waals surface area contributed by atoms with Crippen molar-refractivity contribution in [1.29, 1.82) is 0 Å². The third kappa shape index (κ3) is 2.13. The number of ether oxygens (including phenoxy) is 1. The van der Waals surface area contributed by atoms with Crippen LogP contribution in [0.4, 0.5) is 0 Å². The maximum absolute atomic E-state index is 11.4. The highest BCUT2D eigenvalue weighted by Gasteiger charge is 2.21. The molecule has 0 bridgehead atoms. The first kappa shape index (κ1) is 10.5.